The van der Waals surface area contributed by atoms with Crippen LogP contribution < -0.4 is 10.6 Å². The molecule has 0 aliphatic carbocycles. The molecule has 0 saturated heterocycles. The van der Waals surface area contributed by atoms with Gasteiger partial charge in [0.2, 0.25) is 5.91 Å². The highest BCUT2D eigenvalue weighted by Gasteiger charge is 2.13. The van der Waals surface area contributed by atoms with E-state index in [2.05, 4.69) is 22.5 Å². The Morgan fingerprint density at radius 2 is 1.55 bits per heavy atom. The molecule has 0 fully saturated rings. The number of carbonyl (C=O) groups excluding carboxylic acids is 2. The molecule has 0 aliphatic rings. The molecule has 3 rings (SSSR count). The summed E-state index contributed by atoms with van der Waals surface area (Å²) in [6.07, 6.45) is 0. The number of hydrogen-bond donors (Lipinski definition) is 2. The van der Waals surface area contributed by atoms with E-state index in [1.807, 2.05) is 36.4 Å². The zero-order valence-electron chi connectivity index (χ0n) is 15.2. The van der Waals surface area contributed by atoms with Crippen LogP contribution in [0, 0.1) is 23.5 Å². The van der Waals surface area contributed by atoms with Crippen LogP contribution in [0.1, 0.15) is 21.5 Å². The van der Waals surface area contributed by atoms with Crippen molar-refractivity contribution in [3.63, 3.8) is 0 Å². The van der Waals surface area contributed by atoms with Crippen molar-refractivity contribution in [1.29, 1.82) is 0 Å². The first-order valence-electron chi connectivity index (χ1n) is 8.71. The van der Waals surface area contributed by atoms with Gasteiger partial charge in [0.05, 0.1) is 12.1 Å². The van der Waals surface area contributed by atoms with Crippen molar-refractivity contribution in [2.45, 2.75) is 0 Å². The van der Waals surface area contributed by atoms with Crippen molar-refractivity contribution in [1.82, 2.24) is 5.32 Å². The van der Waals surface area contributed by atoms with Crippen molar-refractivity contribution in [2.75, 3.05) is 11.9 Å². The SMILES string of the molecule is O=C(CNC(=O)c1ccc(F)cc1F)Nc1cccc(C#Cc2ccccc2)c1. The lowest BCUT2D eigenvalue weighted by Crippen LogP contribution is -2.33. The molecule has 3 aromatic rings. The maximum atomic E-state index is 13.6. The van der Waals surface area contributed by atoms with Gasteiger partial charge in [-0.05, 0) is 42.5 Å². The van der Waals surface area contributed by atoms with Gasteiger partial charge in [0.15, 0.2) is 0 Å². The Morgan fingerprint density at radius 1 is 0.828 bits per heavy atom. The van der Waals surface area contributed by atoms with E-state index < -0.39 is 23.4 Å². The van der Waals surface area contributed by atoms with Crippen molar-refractivity contribution < 1.29 is 18.4 Å². The molecular formula is C23H16F2N2O2. The molecule has 3 aromatic carbocycles. The lowest BCUT2D eigenvalue weighted by molar-refractivity contribution is -0.115. The monoisotopic (exact) mass is 390 g/mol. The van der Waals surface area contributed by atoms with Crippen LogP contribution in [0.2, 0.25) is 0 Å². The Morgan fingerprint density at radius 3 is 2.31 bits per heavy atom. The van der Waals surface area contributed by atoms with Crippen molar-refractivity contribution in [3.8, 4) is 11.8 Å². The van der Waals surface area contributed by atoms with Crippen LogP contribution in [0.15, 0.2) is 72.8 Å². The van der Waals surface area contributed by atoms with Gasteiger partial charge in [-0.15, -0.1) is 0 Å². The highest BCUT2D eigenvalue weighted by Crippen LogP contribution is 2.11. The summed E-state index contributed by atoms with van der Waals surface area (Å²) in [5.41, 5.74) is 1.76. The molecule has 144 valence electrons. The highest BCUT2D eigenvalue weighted by molar-refractivity contribution is 5.99. The van der Waals surface area contributed by atoms with Crippen molar-refractivity contribution >= 4 is 17.5 Å². The topological polar surface area (TPSA) is 58.2 Å². The number of carbonyl (C=O) groups is 2. The smallest absolute Gasteiger partial charge is 0.254 e. The molecule has 4 nitrogen and oxygen atoms in total. The summed E-state index contributed by atoms with van der Waals surface area (Å²) < 4.78 is 26.5. The third-order valence-electron chi connectivity index (χ3n) is 3.86. The molecule has 2 N–H and O–H groups in total. The van der Waals surface area contributed by atoms with Crippen LogP contribution in [-0.4, -0.2) is 18.4 Å². The molecule has 29 heavy (non-hydrogen) atoms. The van der Waals surface area contributed by atoms with Crippen LogP contribution in [0.3, 0.4) is 0 Å². The first-order valence-corrected chi connectivity index (χ1v) is 8.71. The molecule has 0 aliphatic heterocycles. The Bertz CT molecular complexity index is 1100. The maximum absolute atomic E-state index is 13.6. The highest BCUT2D eigenvalue weighted by atomic mass is 19.1. The average Bonchev–Trinajstić information content (AvgIpc) is 2.71. The van der Waals surface area contributed by atoms with Gasteiger partial charge in [0, 0.05) is 22.9 Å². The van der Waals surface area contributed by atoms with Crippen LogP contribution in [0.5, 0.6) is 0 Å². The third-order valence-corrected chi connectivity index (χ3v) is 3.86. The summed E-state index contributed by atoms with van der Waals surface area (Å²) in [5.74, 6) is 2.97. The second-order valence-corrected chi connectivity index (χ2v) is 6.05. The normalized spacial score (nSPS) is 9.86. The standard InChI is InChI=1S/C23H16F2N2O2/c24-18-11-12-20(21(25)14-18)23(29)26-15-22(28)27-19-8-4-7-17(13-19)10-9-16-5-2-1-3-6-16/h1-8,11-14H,15H2,(H,26,29)(H,27,28). The molecule has 0 unspecified atom stereocenters. The molecule has 0 atom stereocenters. The zero-order chi connectivity index (χ0) is 20.6. The number of benzene rings is 3. The molecule has 0 spiro atoms. The number of nitrogens with one attached hydrogen (secondary N) is 2. The summed E-state index contributed by atoms with van der Waals surface area (Å²) in [7, 11) is 0. The second kappa shape index (κ2) is 9.29. The molecule has 0 radical (unpaired) electrons. The van der Waals surface area contributed by atoms with Crippen LogP contribution >= 0.6 is 0 Å². The van der Waals surface area contributed by atoms with Crippen LogP contribution in [-0.2, 0) is 4.79 Å². The van der Waals surface area contributed by atoms with Gasteiger partial charge < -0.3 is 10.6 Å². The van der Waals surface area contributed by atoms with E-state index in [9.17, 15) is 18.4 Å². The van der Waals surface area contributed by atoms with Gasteiger partial charge in [-0.2, -0.15) is 0 Å². The first-order chi connectivity index (χ1) is 14.0. The van der Waals surface area contributed by atoms with Gasteiger partial charge in [0.1, 0.15) is 11.6 Å². The van der Waals surface area contributed by atoms with E-state index >= 15 is 0 Å². The quantitative estimate of drug-likeness (QED) is 0.667. The molecular weight excluding hydrogens is 374 g/mol. The Labute approximate surface area is 166 Å². The minimum atomic E-state index is -0.993. The molecule has 0 heterocycles. The first kappa shape index (κ1) is 19.8. The fraction of sp³-hybridized carbons (Fsp3) is 0.0435. The maximum Gasteiger partial charge on any atom is 0.254 e. The summed E-state index contributed by atoms with van der Waals surface area (Å²) in [6, 6.07) is 19.0. The lowest BCUT2D eigenvalue weighted by atomic mass is 10.1. The van der Waals surface area contributed by atoms with Gasteiger partial charge in [0.25, 0.3) is 5.91 Å². The molecule has 2 amide bonds. The molecule has 0 bridgehead atoms. The van der Waals surface area contributed by atoms with Gasteiger partial charge in [-0.3, -0.25) is 9.59 Å². The molecule has 0 aromatic heterocycles. The van der Waals surface area contributed by atoms with Crippen LogP contribution in [0.4, 0.5) is 14.5 Å². The Hall–Kier alpha value is -3.98. The van der Waals surface area contributed by atoms with E-state index in [-0.39, 0.29) is 12.1 Å². The van der Waals surface area contributed by atoms with Crippen LogP contribution in [0.25, 0.3) is 0 Å². The summed E-state index contributed by atoms with van der Waals surface area (Å²) in [4.78, 5) is 24.0. The third kappa shape index (κ3) is 5.75. The van der Waals surface area contributed by atoms with Gasteiger partial charge in [-0.1, -0.05) is 36.1 Å². The minimum Gasteiger partial charge on any atom is -0.343 e. The fourth-order valence-corrected chi connectivity index (χ4v) is 2.48. The number of halogens is 2. The zero-order valence-corrected chi connectivity index (χ0v) is 15.2. The number of anilines is 1. The second-order valence-electron chi connectivity index (χ2n) is 6.05. The summed E-state index contributed by atoms with van der Waals surface area (Å²) >= 11 is 0. The summed E-state index contributed by atoms with van der Waals surface area (Å²) in [5, 5.41) is 4.94. The van der Waals surface area contributed by atoms with Crippen molar-refractivity contribution in [3.05, 3.63) is 101 Å². The largest absolute Gasteiger partial charge is 0.343 e. The predicted octanol–water partition coefficient (Wildman–Crippen LogP) is 3.73. The predicted molar refractivity (Wildman–Crippen MR) is 106 cm³/mol. The molecule has 0 saturated carbocycles. The minimum absolute atomic E-state index is 0.336. The fourth-order valence-electron chi connectivity index (χ4n) is 2.48. The van der Waals surface area contributed by atoms with Gasteiger partial charge in [-0.25, -0.2) is 8.78 Å². The average molecular weight is 390 g/mol. The van der Waals surface area contributed by atoms with E-state index in [0.29, 0.717) is 17.3 Å². The Kier molecular flexibility index (Phi) is 6.33. The lowest BCUT2D eigenvalue weighted by Gasteiger charge is -2.08. The van der Waals surface area contributed by atoms with E-state index in [1.165, 1.54) is 0 Å². The van der Waals surface area contributed by atoms with Gasteiger partial charge >= 0.3 is 0 Å². The number of rotatable bonds is 4. The van der Waals surface area contributed by atoms with E-state index in [1.54, 1.807) is 18.2 Å². The van der Waals surface area contributed by atoms with E-state index in [4.69, 9.17) is 0 Å². The number of hydrogen-bond acceptors (Lipinski definition) is 2. The molecule has 6 heteroatoms. The van der Waals surface area contributed by atoms with E-state index in [0.717, 1.165) is 17.7 Å². The van der Waals surface area contributed by atoms with Crippen molar-refractivity contribution in [2.24, 2.45) is 0 Å². The Balaban J connectivity index is 1.58. The summed E-state index contributed by atoms with van der Waals surface area (Å²) in [6.45, 7) is -0.366. The number of amides is 2.